The van der Waals surface area contributed by atoms with Crippen LogP contribution in [0.25, 0.3) is 11.1 Å². The second-order valence-electron chi connectivity index (χ2n) is 13.3. The highest BCUT2D eigenvalue weighted by molar-refractivity contribution is 7.99. The van der Waals surface area contributed by atoms with Crippen molar-refractivity contribution in [3.8, 4) is 16.9 Å². The van der Waals surface area contributed by atoms with Gasteiger partial charge in [0.15, 0.2) is 6.10 Å². The first-order valence-electron chi connectivity index (χ1n) is 17.4. The smallest absolute Gasteiger partial charge is 0.254 e. The van der Waals surface area contributed by atoms with E-state index in [-0.39, 0.29) is 31.4 Å². The Kier molecular flexibility index (Phi) is 13.9. The number of rotatable bonds is 21. The predicted octanol–water partition coefficient (Wildman–Crippen LogP) is 4.27. The molecule has 1 amide bonds. The van der Waals surface area contributed by atoms with Crippen molar-refractivity contribution in [2.75, 3.05) is 25.4 Å². The highest BCUT2D eigenvalue weighted by Gasteiger charge is 2.48. The number of hydrogen-bond acceptors (Lipinski definition) is 11. The highest BCUT2D eigenvalue weighted by atomic mass is 35.5. The molecule has 0 radical (unpaired) electrons. The van der Waals surface area contributed by atoms with Crippen LogP contribution >= 0.6 is 23.4 Å². The summed E-state index contributed by atoms with van der Waals surface area (Å²) in [5.41, 5.74) is 3.46. The van der Waals surface area contributed by atoms with Crippen molar-refractivity contribution in [2.24, 2.45) is 0 Å². The van der Waals surface area contributed by atoms with E-state index in [1.165, 1.54) is 11.8 Å². The number of halogens is 1. The maximum absolute atomic E-state index is 13.1. The third kappa shape index (κ3) is 10.5. The quantitative estimate of drug-likeness (QED) is 0.0781. The summed E-state index contributed by atoms with van der Waals surface area (Å²) < 4.78 is 12.9. The summed E-state index contributed by atoms with van der Waals surface area (Å²) in [7, 11) is 0. The van der Waals surface area contributed by atoms with Gasteiger partial charge in [0.2, 0.25) is 0 Å². The standard InChI is InChI=1S/C38H47ClN2O9S/c1-24(43)6-4-17-41(37(48)36(47)35(46)34(45)32(44)22-42)18-5-19-51-27-11-12-31(39)25(20-27)23-49-38(14-15-38)30-21-40-16-13-28(30)29-7-2-3-8-33(29)50-26-9-10-26/h2-3,7-8,11-13,16,20-21,26,32,34-36,42,44-47H,4-6,9-10,14-15,17-19,22-23H2,1H3/t32-,34+,35-,36-/m0/s1. The number of nitrogens with zero attached hydrogens (tertiary/aromatic N) is 2. The Morgan fingerprint density at radius 2 is 1.76 bits per heavy atom. The molecular formula is C38H47ClN2O9S. The van der Waals surface area contributed by atoms with Gasteiger partial charge < -0.3 is 44.7 Å². The fourth-order valence-corrected chi connectivity index (χ4v) is 6.95. The van der Waals surface area contributed by atoms with Crippen molar-refractivity contribution >= 4 is 35.1 Å². The van der Waals surface area contributed by atoms with Gasteiger partial charge in [0, 0.05) is 52.9 Å². The van der Waals surface area contributed by atoms with Gasteiger partial charge in [-0.05, 0) is 92.7 Å². The first-order chi connectivity index (χ1) is 24.5. The number of pyridine rings is 1. The normalized spacial score (nSPS) is 17.3. The predicted molar refractivity (Wildman–Crippen MR) is 193 cm³/mol. The second-order valence-corrected chi connectivity index (χ2v) is 14.9. The van der Waals surface area contributed by atoms with Crippen LogP contribution in [0.1, 0.15) is 63.0 Å². The number of Topliss-reactive ketones (excluding diaryl/α,β-unsaturated/α-hetero) is 1. The molecule has 0 unspecified atom stereocenters. The van der Waals surface area contributed by atoms with Crippen LogP contribution in [0.5, 0.6) is 5.75 Å². The first-order valence-corrected chi connectivity index (χ1v) is 18.8. The minimum absolute atomic E-state index is 0.0418. The molecule has 5 N–H and O–H groups in total. The lowest BCUT2D eigenvalue weighted by Crippen LogP contribution is -2.53. The van der Waals surface area contributed by atoms with Crippen LogP contribution < -0.4 is 4.74 Å². The Balaban J connectivity index is 1.19. The molecule has 2 aromatic carbocycles. The number of aromatic nitrogens is 1. The average Bonchev–Trinajstić information content (AvgIpc) is 4.09. The van der Waals surface area contributed by atoms with E-state index in [0.717, 1.165) is 58.6 Å². The maximum atomic E-state index is 13.1. The summed E-state index contributed by atoms with van der Waals surface area (Å²) in [6.07, 6.45) is 1.27. The van der Waals surface area contributed by atoms with Crippen molar-refractivity contribution in [3.63, 3.8) is 0 Å². The topological polar surface area (TPSA) is 170 Å². The summed E-state index contributed by atoms with van der Waals surface area (Å²) in [5, 5.41) is 50.0. The van der Waals surface area contributed by atoms with E-state index in [1.807, 2.05) is 48.7 Å². The molecule has 2 aliphatic carbocycles. The van der Waals surface area contributed by atoms with Gasteiger partial charge in [0.1, 0.15) is 29.8 Å². The van der Waals surface area contributed by atoms with Gasteiger partial charge in [-0.25, -0.2) is 0 Å². The number of hydrogen-bond donors (Lipinski definition) is 5. The summed E-state index contributed by atoms with van der Waals surface area (Å²) in [6.45, 7) is 1.28. The molecule has 2 aliphatic rings. The lowest BCUT2D eigenvalue weighted by atomic mass is 9.96. The Bertz CT molecular complexity index is 1640. The molecule has 1 aromatic heterocycles. The summed E-state index contributed by atoms with van der Waals surface area (Å²) in [5.74, 6) is 0.592. The van der Waals surface area contributed by atoms with Gasteiger partial charge in [-0.15, -0.1) is 11.8 Å². The van der Waals surface area contributed by atoms with Gasteiger partial charge in [0.05, 0.1) is 24.9 Å². The summed E-state index contributed by atoms with van der Waals surface area (Å²) in [6, 6.07) is 15.9. The van der Waals surface area contributed by atoms with Crippen LogP contribution in [-0.4, -0.2) is 103 Å². The molecule has 3 aromatic rings. The maximum Gasteiger partial charge on any atom is 0.254 e. The molecule has 0 spiro atoms. The molecule has 0 aliphatic heterocycles. The largest absolute Gasteiger partial charge is 0.490 e. The zero-order valence-corrected chi connectivity index (χ0v) is 30.3. The van der Waals surface area contributed by atoms with E-state index < -0.39 is 42.5 Å². The van der Waals surface area contributed by atoms with Gasteiger partial charge in [-0.1, -0.05) is 29.8 Å². The number of ether oxygens (including phenoxy) is 2. The summed E-state index contributed by atoms with van der Waals surface area (Å²) >= 11 is 8.20. The first kappa shape index (κ1) is 39.1. The number of amides is 1. The molecule has 11 nitrogen and oxygen atoms in total. The van der Waals surface area contributed by atoms with Crippen LogP contribution in [0.2, 0.25) is 5.02 Å². The number of carbonyl (C=O) groups is 2. The lowest BCUT2D eigenvalue weighted by molar-refractivity contribution is -0.158. The number of aliphatic hydroxyl groups is 5. The number of benzene rings is 2. The van der Waals surface area contributed by atoms with Gasteiger partial charge >= 0.3 is 0 Å². The van der Waals surface area contributed by atoms with Crippen molar-refractivity contribution in [1.82, 2.24) is 9.88 Å². The van der Waals surface area contributed by atoms with E-state index in [4.69, 9.17) is 26.2 Å². The Labute approximate surface area is 307 Å². The fourth-order valence-electron chi connectivity index (χ4n) is 5.87. The van der Waals surface area contributed by atoms with Crippen molar-refractivity contribution in [1.29, 1.82) is 0 Å². The summed E-state index contributed by atoms with van der Waals surface area (Å²) in [4.78, 5) is 31.3. The number of thioether (sulfide) groups is 1. The second kappa shape index (κ2) is 18.1. The molecule has 1 heterocycles. The zero-order chi connectivity index (χ0) is 36.5. The number of aliphatic hydroxyl groups excluding tert-OH is 5. The van der Waals surface area contributed by atoms with Gasteiger partial charge in [-0.3, -0.25) is 9.78 Å². The molecule has 5 rings (SSSR count). The number of ketones is 1. The van der Waals surface area contributed by atoms with Crippen LogP contribution in [0.3, 0.4) is 0 Å². The lowest BCUT2D eigenvalue weighted by Gasteiger charge is -2.30. The molecule has 4 atom stereocenters. The minimum atomic E-state index is -2.02. The Morgan fingerprint density at radius 3 is 2.47 bits per heavy atom. The van der Waals surface area contributed by atoms with E-state index in [2.05, 4.69) is 11.1 Å². The highest BCUT2D eigenvalue weighted by Crippen LogP contribution is 2.53. The molecule has 2 fully saturated rings. The van der Waals surface area contributed by atoms with E-state index >= 15 is 0 Å². The van der Waals surface area contributed by atoms with Crippen LogP contribution in [0, 0.1) is 0 Å². The molecule has 51 heavy (non-hydrogen) atoms. The van der Waals surface area contributed by atoms with E-state index in [1.54, 1.807) is 18.0 Å². The van der Waals surface area contributed by atoms with Crippen molar-refractivity contribution < 1.29 is 44.6 Å². The minimum Gasteiger partial charge on any atom is -0.490 e. The van der Waals surface area contributed by atoms with Crippen LogP contribution in [0.15, 0.2) is 65.8 Å². The van der Waals surface area contributed by atoms with Crippen molar-refractivity contribution in [2.45, 2.75) is 99.5 Å². The van der Waals surface area contributed by atoms with E-state index in [0.29, 0.717) is 30.2 Å². The Hall–Kier alpha value is -3.07. The third-order valence-electron chi connectivity index (χ3n) is 9.15. The molecule has 13 heteroatoms. The fraction of sp³-hybridized carbons (Fsp3) is 0.500. The molecule has 0 bridgehead atoms. The Morgan fingerprint density at radius 1 is 1.02 bits per heavy atom. The third-order valence-corrected chi connectivity index (χ3v) is 10.6. The van der Waals surface area contributed by atoms with Gasteiger partial charge in [0.25, 0.3) is 5.91 Å². The monoisotopic (exact) mass is 742 g/mol. The molecule has 276 valence electrons. The number of para-hydroxylation sites is 1. The SMILES string of the molecule is CC(=O)CCCN(CCCSc1ccc(Cl)c(COC2(c3cnccc3-c3ccccc3OC3CC3)CC2)c1)C(=O)[C@@H](O)[C@@H](O)[C@H](O)[C@@H](O)CO. The van der Waals surface area contributed by atoms with Crippen molar-refractivity contribution in [3.05, 3.63) is 77.1 Å². The zero-order valence-electron chi connectivity index (χ0n) is 28.7. The van der Waals surface area contributed by atoms with E-state index in [9.17, 15) is 30.0 Å². The van der Waals surface area contributed by atoms with Crippen LogP contribution in [-0.2, 0) is 26.5 Å². The molecular weight excluding hydrogens is 696 g/mol. The molecule has 0 saturated heterocycles. The molecule has 2 saturated carbocycles. The van der Waals surface area contributed by atoms with Crippen LogP contribution in [0.4, 0.5) is 0 Å². The van der Waals surface area contributed by atoms with Gasteiger partial charge in [-0.2, -0.15) is 0 Å². The number of carbonyl (C=O) groups excluding carboxylic acids is 2. The average molecular weight is 743 g/mol.